The van der Waals surface area contributed by atoms with Gasteiger partial charge in [-0.3, -0.25) is 0 Å². The summed E-state index contributed by atoms with van der Waals surface area (Å²) in [5, 5.41) is 0. The van der Waals surface area contributed by atoms with E-state index in [0.717, 1.165) is 12.1 Å². The molecule has 0 amide bonds. The summed E-state index contributed by atoms with van der Waals surface area (Å²) in [4.78, 5) is -0.462. The van der Waals surface area contributed by atoms with Gasteiger partial charge in [0, 0.05) is 6.07 Å². The Hall–Kier alpha value is -0.970. The molecule has 1 aromatic rings. The zero-order valence-electron chi connectivity index (χ0n) is 8.71. The number of halogens is 2. The van der Waals surface area contributed by atoms with Crippen LogP contribution in [0.2, 0.25) is 0 Å². The molecule has 0 aliphatic heterocycles. The zero-order valence-corrected chi connectivity index (χ0v) is 9.53. The molecule has 0 aliphatic carbocycles. The number of hydrogen-bond donors (Lipinski definition) is 0. The molecular weight excluding hydrogens is 222 g/mol. The molecule has 0 atom stereocenters. The van der Waals surface area contributed by atoms with E-state index in [-0.39, 0.29) is 0 Å². The fourth-order valence-electron chi connectivity index (χ4n) is 1.02. The van der Waals surface area contributed by atoms with Crippen molar-refractivity contribution in [1.82, 2.24) is 0 Å². The Morgan fingerprint density at radius 1 is 1.13 bits per heavy atom. The monoisotopic (exact) mass is 234 g/mol. The second-order valence-electron chi connectivity index (χ2n) is 4.19. The SMILES string of the molecule is CC(C)(C)S(=O)(=O)c1ccc(F)cc1F. The van der Waals surface area contributed by atoms with Crippen LogP contribution in [0.15, 0.2) is 23.1 Å². The van der Waals surface area contributed by atoms with Crippen LogP contribution in [0.5, 0.6) is 0 Å². The van der Waals surface area contributed by atoms with Gasteiger partial charge in [0.05, 0.1) is 4.75 Å². The maximum absolute atomic E-state index is 13.3. The largest absolute Gasteiger partial charge is 0.223 e. The number of sulfone groups is 1. The second-order valence-corrected chi connectivity index (χ2v) is 6.86. The zero-order chi connectivity index (χ0) is 11.9. The summed E-state index contributed by atoms with van der Waals surface area (Å²) in [5.74, 6) is -1.84. The van der Waals surface area contributed by atoms with Crippen LogP contribution in [0.25, 0.3) is 0 Å². The van der Waals surface area contributed by atoms with E-state index < -0.39 is 31.1 Å². The molecular formula is C10H12F2O2S. The molecule has 15 heavy (non-hydrogen) atoms. The Morgan fingerprint density at radius 2 is 1.67 bits per heavy atom. The third-order valence-electron chi connectivity index (χ3n) is 1.99. The Bertz CT molecular complexity index is 473. The van der Waals surface area contributed by atoms with Crippen molar-refractivity contribution in [2.24, 2.45) is 0 Å². The highest BCUT2D eigenvalue weighted by atomic mass is 32.2. The van der Waals surface area contributed by atoms with Crippen LogP contribution in [-0.4, -0.2) is 13.2 Å². The van der Waals surface area contributed by atoms with Crippen molar-refractivity contribution < 1.29 is 17.2 Å². The van der Waals surface area contributed by atoms with Crippen molar-refractivity contribution in [3.05, 3.63) is 29.8 Å². The van der Waals surface area contributed by atoms with Crippen LogP contribution < -0.4 is 0 Å². The molecule has 2 nitrogen and oxygen atoms in total. The van der Waals surface area contributed by atoms with Crippen molar-refractivity contribution >= 4 is 9.84 Å². The van der Waals surface area contributed by atoms with E-state index in [1.807, 2.05) is 0 Å². The van der Waals surface area contributed by atoms with E-state index in [4.69, 9.17) is 0 Å². The fraction of sp³-hybridized carbons (Fsp3) is 0.400. The minimum atomic E-state index is -3.77. The highest BCUT2D eigenvalue weighted by Gasteiger charge is 2.33. The molecule has 0 aromatic heterocycles. The normalized spacial score (nSPS) is 12.9. The lowest BCUT2D eigenvalue weighted by atomic mass is 10.3. The molecule has 0 bridgehead atoms. The molecule has 0 radical (unpaired) electrons. The first-order chi connectivity index (χ1) is 6.66. The van der Waals surface area contributed by atoms with Gasteiger partial charge in [-0.1, -0.05) is 0 Å². The van der Waals surface area contributed by atoms with E-state index in [2.05, 4.69) is 0 Å². The van der Waals surface area contributed by atoms with E-state index in [1.54, 1.807) is 0 Å². The molecule has 0 unspecified atom stereocenters. The topological polar surface area (TPSA) is 34.1 Å². The lowest BCUT2D eigenvalue weighted by Gasteiger charge is -2.19. The summed E-state index contributed by atoms with van der Waals surface area (Å²) < 4.78 is 48.4. The molecule has 0 saturated carbocycles. The Morgan fingerprint density at radius 3 is 2.07 bits per heavy atom. The molecule has 1 rings (SSSR count). The van der Waals surface area contributed by atoms with E-state index >= 15 is 0 Å². The highest BCUT2D eigenvalue weighted by Crippen LogP contribution is 2.26. The highest BCUT2D eigenvalue weighted by molar-refractivity contribution is 7.92. The first kappa shape index (κ1) is 12.1. The fourth-order valence-corrected chi connectivity index (χ4v) is 2.25. The van der Waals surface area contributed by atoms with Crippen LogP contribution in [-0.2, 0) is 9.84 Å². The second kappa shape index (κ2) is 3.56. The summed E-state index contributed by atoms with van der Waals surface area (Å²) in [6.45, 7) is 4.39. The predicted octanol–water partition coefficient (Wildman–Crippen LogP) is 2.54. The third kappa shape index (κ3) is 2.17. The van der Waals surface area contributed by atoms with Gasteiger partial charge in [-0.2, -0.15) is 0 Å². The molecule has 0 spiro atoms. The van der Waals surface area contributed by atoms with Crippen LogP contribution in [0.4, 0.5) is 8.78 Å². The summed E-state index contributed by atoms with van der Waals surface area (Å²) in [6.07, 6.45) is 0. The number of hydrogen-bond acceptors (Lipinski definition) is 2. The first-order valence-corrected chi connectivity index (χ1v) is 5.84. The molecule has 0 heterocycles. The van der Waals surface area contributed by atoms with Crippen molar-refractivity contribution in [2.75, 3.05) is 0 Å². The summed E-state index contributed by atoms with van der Waals surface area (Å²) in [6, 6.07) is 2.45. The summed E-state index contributed by atoms with van der Waals surface area (Å²) in [5.41, 5.74) is 0. The van der Waals surface area contributed by atoms with Crippen LogP contribution >= 0.6 is 0 Å². The van der Waals surface area contributed by atoms with Gasteiger partial charge in [0.15, 0.2) is 9.84 Å². The molecule has 0 saturated heterocycles. The van der Waals surface area contributed by atoms with Crippen molar-refractivity contribution in [3.63, 3.8) is 0 Å². The van der Waals surface area contributed by atoms with Gasteiger partial charge < -0.3 is 0 Å². The van der Waals surface area contributed by atoms with Crippen LogP contribution in [0, 0.1) is 11.6 Å². The Kier molecular flexibility index (Phi) is 2.87. The molecule has 0 fully saturated rings. The van der Waals surface area contributed by atoms with E-state index in [1.165, 1.54) is 20.8 Å². The van der Waals surface area contributed by atoms with Gasteiger partial charge in [0.25, 0.3) is 0 Å². The lowest BCUT2D eigenvalue weighted by molar-refractivity contribution is 0.532. The van der Waals surface area contributed by atoms with Crippen molar-refractivity contribution in [2.45, 2.75) is 30.4 Å². The van der Waals surface area contributed by atoms with Gasteiger partial charge in [-0.05, 0) is 32.9 Å². The lowest BCUT2D eigenvalue weighted by Crippen LogP contribution is -2.28. The van der Waals surface area contributed by atoms with Crippen molar-refractivity contribution in [1.29, 1.82) is 0 Å². The summed E-state index contributed by atoms with van der Waals surface area (Å²) >= 11 is 0. The van der Waals surface area contributed by atoms with Gasteiger partial charge >= 0.3 is 0 Å². The average molecular weight is 234 g/mol. The van der Waals surface area contributed by atoms with E-state index in [0.29, 0.717) is 6.07 Å². The maximum Gasteiger partial charge on any atom is 0.186 e. The molecule has 0 aliphatic rings. The standard InChI is InChI=1S/C10H12F2O2S/c1-10(2,3)15(13,14)9-5-4-7(11)6-8(9)12/h4-6H,1-3H3. The van der Waals surface area contributed by atoms with Crippen LogP contribution in [0.3, 0.4) is 0 Å². The third-order valence-corrected chi connectivity index (χ3v) is 4.51. The first-order valence-electron chi connectivity index (χ1n) is 4.36. The van der Waals surface area contributed by atoms with Gasteiger partial charge in [0.2, 0.25) is 0 Å². The minimum absolute atomic E-state index is 0.462. The molecule has 0 N–H and O–H groups in total. The Labute approximate surface area is 87.8 Å². The smallest absolute Gasteiger partial charge is 0.186 e. The Balaban J connectivity index is 3.42. The number of rotatable bonds is 1. The van der Waals surface area contributed by atoms with Crippen molar-refractivity contribution in [3.8, 4) is 0 Å². The van der Waals surface area contributed by atoms with Gasteiger partial charge in [0.1, 0.15) is 16.5 Å². The molecule has 84 valence electrons. The maximum atomic E-state index is 13.3. The predicted molar refractivity (Wildman–Crippen MR) is 53.3 cm³/mol. The summed E-state index contributed by atoms with van der Waals surface area (Å²) in [7, 11) is -3.77. The van der Waals surface area contributed by atoms with E-state index in [9.17, 15) is 17.2 Å². The molecule has 5 heteroatoms. The average Bonchev–Trinajstić information content (AvgIpc) is 2.00. The quantitative estimate of drug-likeness (QED) is 0.700. The van der Waals surface area contributed by atoms with Gasteiger partial charge in [-0.15, -0.1) is 0 Å². The minimum Gasteiger partial charge on any atom is -0.223 e. The van der Waals surface area contributed by atoms with Gasteiger partial charge in [-0.25, -0.2) is 17.2 Å². The molecule has 1 aromatic carbocycles. The van der Waals surface area contributed by atoms with Crippen LogP contribution in [0.1, 0.15) is 20.8 Å². The number of benzene rings is 1.